The number of benzene rings is 1. The summed E-state index contributed by atoms with van der Waals surface area (Å²) in [6.07, 6.45) is 0.391. The summed E-state index contributed by atoms with van der Waals surface area (Å²) in [4.78, 5) is 22.8. The average Bonchev–Trinajstić information content (AvgIpc) is 2.40. The van der Waals surface area contributed by atoms with Crippen LogP contribution < -0.4 is 10.6 Å². The third-order valence-electron chi connectivity index (χ3n) is 2.46. The molecule has 0 aromatic heterocycles. The van der Waals surface area contributed by atoms with Gasteiger partial charge in [-0.15, -0.1) is 0 Å². The van der Waals surface area contributed by atoms with E-state index < -0.39 is 18.0 Å². The van der Waals surface area contributed by atoms with E-state index >= 15 is 0 Å². The van der Waals surface area contributed by atoms with E-state index in [1.54, 1.807) is 36.0 Å². The van der Waals surface area contributed by atoms with E-state index in [-0.39, 0.29) is 0 Å². The van der Waals surface area contributed by atoms with Crippen LogP contribution in [0.25, 0.3) is 0 Å². The van der Waals surface area contributed by atoms with Crippen molar-refractivity contribution < 1.29 is 14.7 Å². The molecule has 1 atom stereocenters. The molecular formula is C13H17ClN2O3S. The monoisotopic (exact) mass is 316 g/mol. The van der Waals surface area contributed by atoms with E-state index in [1.807, 2.05) is 6.92 Å². The second-order valence-electron chi connectivity index (χ2n) is 3.98. The van der Waals surface area contributed by atoms with E-state index in [1.165, 1.54) is 0 Å². The van der Waals surface area contributed by atoms with E-state index in [2.05, 4.69) is 10.6 Å². The fraction of sp³-hybridized carbons (Fsp3) is 0.385. The quantitative estimate of drug-likeness (QED) is 0.676. The van der Waals surface area contributed by atoms with Crippen LogP contribution in [-0.4, -0.2) is 34.7 Å². The summed E-state index contributed by atoms with van der Waals surface area (Å²) in [6.45, 7) is 2.00. The fourth-order valence-electron chi connectivity index (χ4n) is 1.46. The van der Waals surface area contributed by atoms with Gasteiger partial charge < -0.3 is 15.7 Å². The minimum atomic E-state index is -1.03. The van der Waals surface area contributed by atoms with Gasteiger partial charge in [0.05, 0.1) is 0 Å². The Hall–Kier alpha value is -1.40. The van der Waals surface area contributed by atoms with Gasteiger partial charge in [0.25, 0.3) is 0 Å². The summed E-state index contributed by atoms with van der Waals surface area (Å²) in [5.74, 6) is 0.575. The number of amides is 2. The zero-order chi connectivity index (χ0) is 15.0. The number of aliphatic carboxylic acids is 1. The van der Waals surface area contributed by atoms with Crippen molar-refractivity contribution in [3.8, 4) is 0 Å². The first kappa shape index (κ1) is 16.7. The number of urea groups is 1. The Morgan fingerprint density at radius 1 is 1.35 bits per heavy atom. The van der Waals surface area contributed by atoms with Crippen LogP contribution in [0.2, 0.25) is 5.02 Å². The van der Waals surface area contributed by atoms with E-state index in [4.69, 9.17) is 16.7 Å². The van der Waals surface area contributed by atoms with Crippen LogP contribution in [-0.2, 0) is 4.79 Å². The number of nitrogens with one attached hydrogen (secondary N) is 2. The van der Waals surface area contributed by atoms with Crippen LogP contribution in [0, 0.1) is 0 Å². The van der Waals surface area contributed by atoms with E-state index in [9.17, 15) is 9.59 Å². The van der Waals surface area contributed by atoms with Gasteiger partial charge in [0, 0.05) is 10.7 Å². The predicted octanol–water partition coefficient (Wildman–Crippen LogP) is 3.06. The Labute approximate surface area is 127 Å². The fourth-order valence-corrected chi connectivity index (χ4v) is 2.28. The van der Waals surface area contributed by atoms with Crippen LogP contribution in [0.4, 0.5) is 10.5 Å². The molecule has 0 bridgehead atoms. The summed E-state index contributed by atoms with van der Waals surface area (Å²) in [5.41, 5.74) is 0.555. The first-order valence-electron chi connectivity index (χ1n) is 6.16. The lowest BCUT2D eigenvalue weighted by Gasteiger charge is -2.14. The van der Waals surface area contributed by atoms with Crippen molar-refractivity contribution in [3.63, 3.8) is 0 Å². The molecule has 1 aromatic rings. The topological polar surface area (TPSA) is 78.4 Å². The van der Waals surface area contributed by atoms with E-state index in [0.717, 1.165) is 5.75 Å². The maximum atomic E-state index is 11.7. The van der Waals surface area contributed by atoms with Crippen molar-refractivity contribution >= 4 is 41.1 Å². The molecule has 0 fully saturated rings. The van der Waals surface area contributed by atoms with Crippen LogP contribution in [0.1, 0.15) is 13.3 Å². The second-order valence-corrected chi connectivity index (χ2v) is 5.81. The zero-order valence-corrected chi connectivity index (χ0v) is 12.6. The standard InChI is InChI=1S/C13H17ClN2O3S/c1-2-20-8-7-11(12(17)18)16-13(19)15-10-5-3-9(14)4-6-10/h3-6,11H,2,7-8H2,1H3,(H,17,18)(H2,15,16,19). The molecule has 0 heterocycles. The van der Waals surface area contributed by atoms with Crippen molar-refractivity contribution in [2.45, 2.75) is 19.4 Å². The summed E-state index contributed by atoms with van der Waals surface area (Å²) < 4.78 is 0. The van der Waals surface area contributed by atoms with Gasteiger partial charge in [-0.1, -0.05) is 18.5 Å². The molecule has 1 aromatic carbocycles. The van der Waals surface area contributed by atoms with Crippen molar-refractivity contribution in [2.75, 3.05) is 16.8 Å². The number of thioether (sulfide) groups is 1. The number of carbonyl (C=O) groups excluding carboxylic acids is 1. The number of hydrogen-bond acceptors (Lipinski definition) is 3. The molecule has 0 saturated carbocycles. The molecular weight excluding hydrogens is 300 g/mol. The average molecular weight is 317 g/mol. The highest BCUT2D eigenvalue weighted by molar-refractivity contribution is 7.99. The Kier molecular flexibility index (Phi) is 7.25. The highest BCUT2D eigenvalue weighted by Gasteiger charge is 2.19. The van der Waals surface area contributed by atoms with Gasteiger partial charge in [-0.2, -0.15) is 11.8 Å². The van der Waals surface area contributed by atoms with Crippen LogP contribution >= 0.6 is 23.4 Å². The largest absolute Gasteiger partial charge is 0.480 e. The number of carboxylic acids is 1. The van der Waals surface area contributed by atoms with E-state index in [0.29, 0.717) is 22.9 Å². The Balaban J connectivity index is 2.48. The minimum Gasteiger partial charge on any atom is -0.480 e. The second kappa shape index (κ2) is 8.71. The molecule has 7 heteroatoms. The molecule has 0 aliphatic carbocycles. The Morgan fingerprint density at radius 2 is 2.00 bits per heavy atom. The molecule has 20 heavy (non-hydrogen) atoms. The molecule has 0 aliphatic heterocycles. The highest BCUT2D eigenvalue weighted by atomic mass is 35.5. The first-order valence-corrected chi connectivity index (χ1v) is 7.69. The summed E-state index contributed by atoms with van der Waals surface area (Å²) in [5, 5.41) is 14.6. The lowest BCUT2D eigenvalue weighted by atomic mass is 10.2. The molecule has 0 spiro atoms. The van der Waals surface area contributed by atoms with Gasteiger partial charge in [-0.05, 0) is 42.2 Å². The van der Waals surface area contributed by atoms with Crippen LogP contribution in [0.15, 0.2) is 24.3 Å². The Bertz CT molecular complexity index is 453. The van der Waals surface area contributed by atoms with Crippen molar-refractivity contribution in [1.29, 1.82) is 0 Å². The maximum Gasteiger partial charge on any atom is 0.326 e. The van der Waals surface area contributed by atoms with Gasteiger partial charge in [0.15, 0.2) is 0 Å². The molecule has 0 radical (unpaired) electrons. The summed E-state index contributed by atoms with van der Waals surface area (Å²) >= 11 is 7.37. The molecule has 3 N–H and O–H groups in total. The lowest BCUT2D eigenvalue weighted by molar-refractivity contribution is -0.139. The number of halogens is 1. The van der Waals surface area contributed by atoms with Crippen LogP contribution in [0.5, 0.6) is 0 Å². The molecule has 110 valence electrons. The predicted molar refractivity (Wildman–Crippen MR) is 82.6 cm³/mol. The number of hydrogen-bond donors (Lipinski definition) is 3. The highest BCUT2D eigenvalue weighted by Crippen LogP contribution is 2.13. The molecule has 0 aliphatic rings. The summed E-state index contributed by atoms with van der Waals surface area (Å²) in [6, 6.07) is 5.14. The number of anilines is 1. The first-order chi connectivity index (χ1) is 9.52. The van der Waals surface area contributed by atoms with Gasteiger partial charge in [0.2, 0.25) is 0 Å². The molecule has 1 unspecified atom stereocenters. The van der Waals surface area contributed by atoms with Crippen molar-refractivity contribution in [1.82, 2.24) is 5.32 Å². The van der Waals surface area contributed by atoms with Gasteiger partial charge in [-0.3, -0.25) is 0 Å². The molecule has 0 saturated heterocycles. The summed E-state index contributed by atoms with van der Waals surface area (Å²) in [7, 11) is 0. The normalized spacial score (nSPS) is 11.7. The van der Waals surface area contributed by atoms with Gasteiger partial charge in [-0.25, -0.2) is 9.59 Å². The number of carbonyl (C=O) groups is 2. The maximum absolute atomic E-state index is 11.7. The zero-order valence-electron chi connectivity index (χ0n) is 11.1. The van der Waals surface area contributed by atoms with Crippen molar-refractivity contribution in [2.24, 2.45) is 0 Å². The van der Waals surface area contributed by atoms with Gasteiger partial charge >= 0.3 is 12.0 Å². The Morgan fingerprint density at radius 3 is 2.55 bits per heavy atom. The minimum absolute atomic E-state index is 0.391. The van der Waals surface area contributed by atoms with Crippen molar-refractivity contribution in [3.05, 3.63) is 29.3 Å². The third-order valence-corrected chi connectivity index (χ3v) is 3.65. The molecule has 2 amide bonds. The number of carboxylic acid groups (broad SMARTS) is 1. The molecule has 1 rings (SSSR count). The smallest absolute Gasteiger partial charge is 0.326 e. The lowest BCUT2D eigenvalue weighted by Crippen LogP contribution is -2.43. The van der Waals surface area contributed by atoms with Gasteiger partial charge in [0.1, 0.15) is 6.04 Å². The molecule has 5 nitrogen and oxygen atoms in total. The SMILES string of the molecule is CCSCCC(NC(=O)Nc1ccc(Cl)cc1)C(=O)O. The third kappa shape index (κ3) is 6.16. The van der Waals surface area contributed by atoms with Crippen LogP contribution in [0.3, 0.4) is 0 Å². The number of rotatable bonds is 7.